The van der Waals surface area contributed by atoms with Crippen molar-refractivity contribution in [3.8, 4) is 0 Å². The van der Waals surface area contributed by atoms with Crippen LogP contribution in [0.5, 0.6) is 0 Å². The number of carbonyl (C=O) groups excluding carboxylic acids is 2. The number of thiophene rings is 1. The molecule has 3 aromatic rings. The third-order valence-corrected chi connectivity index (χ3v) is 7.32. The van der Waals surface area contributed by atoms with Crippen LogP contribution in [0.25, 0.3) is 0 Å². The fraction of sp³-hybridized carbons (Fsp3) is 0.333. The van der Waals surface area contributed by atoms with Gasteiger partial charge in [-0.25, -0.2) is 0 Å². The first kappa shape index (κ1) is 25.0. The molecule has 0 spiro atoms. The molecule has 1 unspecified atom stereocenters. The summed E-state index contributed by atoms with van der Waals surface area (Å²) in [6.45, 7) is 2.66. The molecule has 1 aliphatic heterocycles. The maximum absolute atomic E-state index is 13.3. The van der Waals surface area contributed by atoms with Crippen molar-refractivity contribution < 1.29 is 22.8 Å². The Labute approximate surface area is 206 Å². The van der Waals surface area contributed by atoms with Crippen molar-refractivity contribution in [3.63, 3.8) is 0 Å². The van der Waals surface area contributed by atoms with Crippen LogP contribution in [0, 0.1) is 0 Å². The van der Waals surface area contributed by atoms with E-state index in [9.17, 15) is 22.8 Å². The first-order chi connectivity index (χ1) is 16.8. The second-order valence-corrected chi connectivity index (χ2v) is 9.57. The first-order valence-electron chi connectivity index (χ1n) is 11.6. The van der Waals surface area contributed by atoms with Gasteiger partial charge in [0, 0.05) is 30.8 Å². The number of amides is 2. The molecule has 0 saturated heterocycles. The molecule has 1 aliphatic rings. The molecule has 35 heavy (non-hydrogen) atoms. The van der Waals surface area contributed by atoms with E-state index < -0.39 is 11.7 Å². The van der Waals surface area contributed by atoms with E-state index in [1.807, 2.05) is 17.0 Å². The van der Waals surface area contributed by atoms with E-state index in [1.165, 1.54) is 22.6 Å². The monoisotopic (exact) mass is 500 g/mol. The Kier molecular flexibility index (Phi) is 7.60. The molecule has 0 saturated carbocycles. The highest BCUT2D eigenvalue weighted by Gasteiger charge is 2.34. The Balaban J connectivity index is 1.41. The SMILES string of the molecule is CCc1ccccc1C1c2ccsc2CCN1C(=O)CCC(=O)NCc1cccc(C(F)(F)F)c1. The Morgan fingerprint density at radius 2 is 1.86 bits per heavy atom. The normalized spacial score (nSPS) is 15.5. The first-order valence-corrected chi connectivity index (χ1v) is 12.5. The maximum atomic E-state index is 13.3. The Morgan fingerprint density at radius 1 is 1.06 bits per heavy atom. The Bertz CT molecular complexity index is 1200. The Morgan fingerprint density at radius 3 is 2.63 bits per heavy atom. The summed E-state index contributed by atoms with van der Waals surface area (Å²) in [5, 5.41) is 4.69. The fourth-order valence-corrected chi connectivity index (χ4v) is 5.46. The lowest BCUT2D eigenvalue weighted by atomic mass is 9.89. The zero-order valence-corrected chi connectivity index (χ0v) is 20.2. The molecular formula is C27H27F3N2O2S. The van der Waals surface area contributed by atoms with Crippen molar-refractivity contribution in [3.05, 3.63) is 92.7 Å². The van der Waals surface area contributed by atoms with Gasteiger partial charge in [0.2, 0.25) is 11.8 Å². The quantitative estimate of drug-likeness (QED) is 0.439. The minimum atomic E-state index is -4.43. The van der Waals surface area contributed by atoms with E-state index >= 15 is 0 Å². The maximum Gasteiger partial charge on any atom is 0.416 e. The van der Waals surface area contributed by atoms with Gasteiger partial charge < -0.3 is 10.2 Å². The lowest BCUT2D eigenvalue weighted by Crippen LogP contribution is -2.40. The van der Waals surface area contributed by atoms with Crippen LogP contribution in [0.1, 0.15) is 58.5 Å². The molecule has 1 atom stereocenters. The Hall–Kier alpha value is -3.13. The van der Waals surface area contributed by atoms with Gasteiger partial charge in [0.1, 0.15) is 0 Å². The van der Waals surface area contributed by atoms with Crippen molar-refractivity contribution in [1.29, 1.82) is 0 Å². The number of rotatable bonds is 7. The van der Waals surface area contributed by atoms with Gasteiger partial charge in [-0.3, -0.25) is 9.59 Å². The van der Waals surface area contributed by atoms with Gasteiger partial charge >= 0.3 is 6.18 Å². The van der Waals surface area contributed by atoms with Crippen molar-refractivity contribution in [1.82, 2.24) is 10.2 Å². The molecule has 0 fully saturated rings. The van der Waals surface area contributed by atoms with Gasteiger partial charge in [0.25, 0.3) is 0 Å². The minimum absolute atomic E-state index is 0.0209. The molecule has 0 radical (unpaired) electrons. The number of fused-ring (bicyclic) bond motifs is 1. The topological polar surface area (TPSA) is 49.4 Å². The zero-order valence-electron chi connectivity index (χ0n) is 19.4. The molecule has 2 amide bonds. The minimum Gasteiger partial charge on any atom is -0.352 e. The van der Waals surface area contributed by atoms with E-state index in [0.29, 0.717) is 12.1 Å². The largest absolute Gasteiger partial charge is 0.416 e. The van der Waals surface area contributed by atoms with Crippen molar-refractivity contribution in [2.45, 2.75) is 51.4 Å². The number of hydrogen-bond donors (Lipinski definition) is 1. The lowest BCUT2D eigenvalue weighted by Gasteiger charge is -2.37. The van der Waals surface area contributed by atoms with Gasteiger partial charge in [-0.2, -0.15) is 13.2 Å². The van der Waals surface area contributed by atoms with Gasteiger partial charge in [-0.15, -0.1) is 11.3 Å². The van der Waals surface area contributed by atoms with Gasteiger partial charge in [0.15, 0.2) is 0 Å². The number of carbonyl (C=O) groups is 2. The molecule has 8 heteroatoms. The van der Waals surface area contributed by atoms with E-state index in [0.717, 1.165) is 36.1 Å². The lowest BCUT2D eigenvalue weighted by molar-refractivity contribution is -0.137. The molecule has 0 bridgehead atoms. The fourth-order valence-electron chi connectivity index (χ4n) is 4.55. The number of alkyl halides is 3. The molecule has 0 aliphatic carbocycles. The van der Waals surface area contributed by atoms with Crippen LogP contribution < -0.4 is 5.32 Å². The predicted octanol–water partition coefficient (Wildman–Crippen LogP) is 5.90. The van der Waals surface area contributed by atoms with Crippen LogP contribution in [0.15, 0.2) is 60.0 Å². The van der Waals surface area contributed by atoms with Crippen LogP contribution in [-0.4, -0.2) is 23.3 Å². The average Bonchev–Trinajstić information content (AvgIpc) is 3.34. The van der Waals surface area contributed by atoms with Crippen LogP contribution >= 0.6 is 11.3 Å². The number of aryl methyl sites for hydroxylation is 1. The number of nitrogens with one attached hydrogen (secondary N) is 1. The average molecular weight is 501 g/mol. The zero-order chi connectivity index (χ0) is 25.0. The molecule has 1 N–H and O–H groups in total. The molecular weight excluding hydrogens is 473 g/mol. The van der Waals surface area contributed by atoms with Crippen LogP contribution in [0.3, 0.4) is 0 Å². The summed E-state index contributed by atoms with van der Waals surface area (Å²) in [7, 11) is 0. The predicted molar refractivity (Wildman–Crippen MR) is 130 cm³/mol. The van der Waals surface area contributed by atoms with Crippen LogP contribution in [0.2, 0.25) is 0 Å². The summed E-state index contributed by atoms with van der Waals surface area (Å²) >= 11 is 1.70. The van der Waals surface area contributed by atoms with E-state index in [4.69, 9.17) is 0 Å². The smallest absolute Gasteiger partial charge is 0.352 e. The molecule has 4 nitrogen and oxygen atoms in total. The van der Waals surface area contributed by atoms with Crippen LogP contribution in [-0.2, 0) is 35.2 Å². The summed E-state index contributed by atoms with van der Waals surface area (Å²) in [6, 6.07) is 14.9. The van der Waals surface area contributed by atoms with E-state index in [-0.39, 0.29) is 37.2 Å². The third kappa shape index (κ3) is 5.75. The van der Waals surface area contributed by atoms with Gasteiger partial charge in [-0.1, -0.05) is 43.3 Å². The summed E-state index contributed by atoms with van der Waals surface area (Å²) in [4.78, 5) is 28.8. The van der Waals surface area contributed by atoms with Crippen molar-refractivity contribution >= 4 is 23.2 Å². The van der Waals surface area contributed by atoms with Gasteiger partial charge in [0.05, 0.1) is 11.6 Å². The van der Waals surface area contributed by atoms with Crippen molar-refractivity contribution in [2.75, 3.05) is 6.54 Å². The number of hydrogen-bond acceptors (Lipinski definition) is 3. The summed E-state index contributed by atoms with van der Waals surface area (Å²) in [5.74, 6) is -0.471. The van der Waals surface area contributed by atoms with Crippen molar-refractivity contribution in [2.24, 2.45) is 0 Å². The number of halogens is 3. The highest BCUT2D eigenvalue weighted by atomic mass is 32.1. The highest BCUT2D eigenvalue weighted by molar-refractivity contribution is 7.10. The summed E-state index contributed by atoms with van der Waals surface area (Å²) in [5.41, 5.74) is 3.04. The third-order valence-electron chi connectivity index (χ3n) is 6.33. The van der Waals surface area contributed by atoms with Gasteiger partial charge in [-0.05, 0) is 58.7 Å². The second kappa shape index (κ2) is 10.6. The number of nitrogens with zero attached hydrogens (tertiary/aromatic N) is 1. The molecule has 2 aromatic carbocycles. The molecule has 2 heterocycles. The molecule has 4 rings (SSSR count). The molecule has 184 valence electrons. The second-order valence-electron chi connectivity index (χ2n) is 8.57. The summed E-state index contributed by atoms with van der Waals surface area (Å²) in [6.07, 6.45) is -2.78. The highest BCUT2D eigenvalue weighted by Crippen LogP contribution is 2.39. The van der Waals surface area contributed by atoms with E-state index in [1.54, 1.807) is 11.3 Å². The molecule has 1 aromatic heterocycles. The van der Waals surface area contributed by atoms with Crippen LogP contribution in [0.4, 0.5) is 13.2 Å². The number of benzene rings is 2. The standard InChI is InChI=1S/C27H27F3N2O2S/c1-2-19-7-3-4-9-21(19)26-22-13-15-35-23(22)12-14-32(26)25(34)11-10-24(33)31-17-18-6-5-8-20(16-18)27(28,29)30/h3-9,13,15-16,26H,2,10-12,14,17H2,1H3,(H,31,33). The summed E-state index contributed by atoms with van der Waals surface area (Å²) < 4.78 is 38.7. The van der Waals surface area contributed by atoms with E-state index in [2.05, 4.69) is 35.8 Å².